The Hall–Kier alpha value is -2.20. The molecule has 0 atom stereocenters. The number of hydrogen-bond donors (Lipinski definition) is 2. The monoisotopic (exact) mass is 277 g/mol. The molecule has 0 saturated carbocycles. The summed E-state index contributed by atoms with van der Waals surface area (Å²) in [6.07, 6.45) is 0. The first-order valence-corrected chi connectivity index (χ1v) is 5.94. The minimum atomic E-state index is -0.534. The number of ether oxygens (including phenoxy) is 1. The maximum absolute atomic E-state index is 11.8. The van der Waals surface area contributed by atoms with Crippen molar-refractivity contribution in [3.8, 4) is 5.75 Å². The Bertz CT molecular complexity index is 596. The fourth-order valence-electron chi connectivity index (χ4n) is 1.52. The molecule has 0 heterocycles. The Labute approximate surface area is 115 Å². The van der Waals surface area contributed by atoms with E-state index in [2.05, 4.69) is 0 Å². The first-order valence-electron chi connectivity index (χ1n) is 5.56. The standard InChI is InChI=1S/C14H12ClNO3/c15-10-3-6-13(16)12(7-10)14(18)19-8-9-1-4-11(17)5-2-9/h1-7,17H,8,16H2. The topological polar surface area (TPSA) is 72.6 Å². The average Bonchev–Trinajstić information content (AvgIpc) is 2.40. The zero-order chi connectivity index (χ0) is 13.8. The van der Waals surface area contributed by atoms with Gasteiger partial charge in [0.05, 0.1) is 5.56 Å². The van der Waals surface area contributed by atoms with Gasteiger partial charge in [0.25, 0.3) is 0 Å². The Balaban J connectivity index is 2.05. The second-order valence-corrected chi connectivity index (χ2v) is 4.41. The van der Waals surface area contributed by atoms with E-state index in [0.717, 1.165) is 5.56 Å². The Kier molecular flexibility index (Phi) is 3.92. The summed E-state index contributed by atoms with van der Waals surface area (Å²) in [5.41, 5.74) is 7.02. The second kappa shape index (κ2) is 5.63. The van der Waals surface area contributed by atoms with Crippen LogP contribution in [0.15, 0.2) is 42.5 Å². The minimum Gasteiger partial charge on any atom is -0.508 e. The first-order chi connectivity index (χ1) is 9.06. The van der Waals surface area contributed by atoms with E-state index in [1.165, 1.54) is 18.2 Å². The summed E-state index contributed by atoms with van der Waals surface area (Å²) in [6.45, 7) is 0.102. The number of rotatable bonds is 3. The van der Waals surface area contributed by atoms with Crippen LogP contribution in [0, 0.1) is 0 Å². The van der Waals surface area contributed by atoms with Crippen molar-refractivity contribution in [2.45, 2.75) is 6.61 Å². The number of nitrogens with two attached hydrogens (primary N) is 1. The lowest BCUT2D eigenvalue weighted by molar-refractivity contribution is 0.0474. The zero-order valence-corrected chi connectivity index (χ0v) is 10.7. The first kappa shape index (κ1) is 13.2. The highest BCUT2D eigenvalue weighted by molar-refractivity contribution is 6.31. The number of aromatic hydroxyl groups is 1. The fourth-order valence-corrected chi connectivity index (χ4v) is 1.70. The quantitative estimate of drug-likeness (QED) is 0.668. The van der Waals surface area contributed by atoms with Gasteiger partial charge >= 0.3 is 5.97 Å². The number of esters is 1. The maximum atomic E-state index is 11.8. The number of carbonyl (C=O) groups excluding carboxylic acids is 1. The molecule has 19 heavy (non-hydrogen) atoms. The van der Waals surface area contributed by atoms with Crippen LogP contribution in [0.1, 0.15) is 15.9 Å². The number of phenols is 1. The number of nitrogen functional groups attached to an aromatic ring is 1. The van der Waals surface area contributed by atoms with Gasteiger partial charge in [-0.3, -0.25) is 0 Å². The highest BCUT2D eigenvalue weighted by Gasteiger charge is 2.12. The van der Waals surface area contributed by atoms with E-state index in [4.69, 9.17) is 27.2 Å². The van der Waals surface area contributed by atoms with E-state index in [9.17, 15) is 4.79 Å². The molecule has 98 valence electrons. The van der Waals surface area contributed by atoms with Crippen molar-refractivity contribution < 1.29 is 14.6 Å². The largest absolute Gasteiger partial charge is 0.508 e. The third kappa shape index (κ3) is 3.39. The molecule has 2 aromatic carbocycles. The van der Waals surface area contributed by atoms with Gasteiger partial charge in [-0.15, -0.1) is 0 Å². The molecule has 2 aromatic rings. The van der Waals surface area contributed by atoms with Gasteiger partial charge in [-0.2, -0.15) is 0 Å². The van der Waals surface area contributed by atoms with Crippen LogP contribution in [0.3, 0.4) is 0 Å². The van der Waals surface area contributed by atoms with E-state index >= 15 is 0 Å². The van der Waals surface area contributed by atoms with E-state index in [0.29, 0.717) is 10.7 Å². The third-order valence-electron chi connectivity index (χ3n) is 2.54. The minimum absolute atomic E-state index is 0.102. The van der Waals surface area contributed by atoms with Gasteiger partial charge in [0.2, 0.25) is 0 Å². The predicted molar refractivity (Wildman–Crippen MR) is 73.1 cm³/mol. The smallest absolute Gasteiger partial charge is 0.340 e. The van der Waals surface area contributed by atoms with Gasteiger partial charge < -0.3 is 15.6 Å². The summed E-state index contributed by atoms with van der Waals surface area (Å²) in [4.78, 5) is 11.8. The molecule has 0 aliphatic heterocycles. The molecular weight excluding hydrogens is 266 g/mol. The van der Waals surface area contributed by atoms with Crippen LogP contribution in [-0.2, 0) is 11.3 Å². The van der Waals surface area contributed by atoms with E-state index in [1.807, 2.05) is 0 Å². The normalized spacial score (nSPS) is 10.2. The van der Waals surface area contributed by atoms with Crippen molar-refractivity contribution in [2.24, 2.45) is 0 Å². The predicted octanol–water partition coefficient (Wildman–Crippen LogP) is 2.98. The lowest BCUT2D eigenvalue weighted by Crippen LogP contribution is -2.08. The molecule has 0 unspecified atom stereocenters. The number of phenolic OH excluding ortho intramolecular Hbond substituents is 1. The molecule has 0 aliphatic carbocycles. The van der Waals surface area contributed by atoms with Crippen LogP contribution >= 0.6 is 11.6 Å². The van der Waals surface area contributed by atoms with Gasteiger partial charge in [-0.05, 0) is 35.9 Å². The molecule has 4 nitrogen and oxygen atoms in total. The summed E-state index contributed by atoms with van der Waals surface area (Å²) in [5, 5.41) is 9.56. The van der Waals surface area contributed by atoms with Gasteiger partial charge in [0, 0.05) is 10.7 Å². The van der Waals surface area contributed by atoms with Gasteiger partial charge in [-0.1, -0.05) is 23.7 Å². The van der Waals surface area contributed by atoms with Gasteiger partial charge in [0.1, 0.15) is 12.4 Å². The Morgan fingerprint density at radius 1 is 1.21 bits per heavy atom. The summed E-state index contributed by atoms with van der Waals surface area (Å²) in [7, 11) is 0. The van der Waals surface area contributed by atoms with Crippen LogP contribution in [0.2, 0.25) is 5.02 Å². The SMILES string of the molecule is Nc1ccc(Cl)cc1C(=O)OCc1ccc(O)cc1. The fraction of sp³-hybridized carbons (Fsp3) is 0.0714. The lowest BCUT2D eigenvalue weighted by atomic mass is 10.2. The van der Waals surface area contributed by atoms with E-state index < -0.39 is 5.97 Å². The highest BCUT2D eigenvalue weighted by Crippen LogP contribution is 2.19. The van der Waals surface area contributed by atoms with Crippen molar-refractivity contribution in [1.82, 2.24) is 0 Å². The number of benzene rings is 2. The van der Waals surface area contributed by atoms with Crippen LogP contribution in [0.25, 0.3) is 0 Å². The van der Waals surface area contributed by atoms with E-state index in [1.54, 1.807) is 24.3 Å². The molecule has 3 N–H and O–H groups in total. The van der Waals surface area contributed by atoms with Gasteiger partial charge in [-0.25, -0.2) is 4.79 Å². The van der Waals surface area contributed by atoms with Crippen LogP contribution < -0.4 is 5.73 Å². The molecule has 5 heteroatoms. The third-order valence-corrected chi connectivity index (χ3v) is 2.78. The van der Waals surface area contributed by atoms with Crippen molar-refractivity contribution in [3.63, 3.8) is 0 Å². The number of anilines is 1. The highest BCUT2D eigenvalue weighted by atomic mass is 35.5. The van der Waals surface area contributed by atoms with Crippen molar-refractivity contribution in [3.05, 3.63) is 58.6 Å². The van der Waals surface area contributed by atoms with Crippen molar-refractivity contribution in [2.75, 3.05) is 5.73 Å². The van der Waals surface area contributed by atoms with Crippen LogP contribution in [-0.4, -0.2) is 11.1 Å². The molecule has 0 aromatic heterocycles. The molecule has 0 bridgehead atoms. The Morgan fingerprint density at radius 2 is 1.89 bits per heavy atom. The molecule has 0 spiro atoms. The molecular formula is C14H12ClNO3. The number of carbonyl (C=O) groups is 1. The second-order valence-electron chi connectivity index (χ2n) is 3.97. The average molecular weight is 278 g/mol. The van der Waals surface area contributed by atoms with Crippen molar-refractivity contribution >= 4 is 23.3 Å². The van der Waals surface area contributed by atoms with Crippen LogP contribution in [0.4, 0.5) is 5.69 Å². The van der Waals surface area contributed by atoms with E-state index in [-0.39, 0.29) is 17.9 Å². The number of halogens is 1. The molecule has 0 radical (unpaired) electrons. The molecule has 2 rings (SSSR count). The Morgan fingerprint density at radius 3 is 2.58 bits per heavy atom. The molecule has 0 saturated heterocycles. The maximum Gasteiger partial charge on any atom is 0.340 e. The molecule has 0 amide bonds. The summed E-state index contributed by atoms with van der Waals surface area (Å²) < 4.78 is 5.13. The summed E-state index contributed by atoms with van der Waals surface area (Å²) >= 11 is 5.80. The summed E-state index contributed by atoms with van der Waals surface area (Å²) in [6, 6.07) is 11.0. The molecule has 0 aliphatic rings. The van der Waals surface area contributed by atoms with Crippen molar-refractivity contribution in [1.29, 1.82) is 0 Å². The van der Waals surface area contributed by atoms with Crippen LogP contribution in [0.5, 0.6) is 5.75 Å². The van der Waals surface area contributed by atoms with Gasteiger partial charge in [0.15, 0.2) is 0 Å². The number of hydrogen-bond acceptors (Lipinski definition) is 4. The zero-order valence-electron chi connectivity index (χ0n) is 9.97. The summed E-state index contributed by atoms with van der Waals surface area (Å²) in [5.74, 6) is -0.373. The lowest BCUT2D eigenvalue weighted by Gasteiger charge is -2.07. The molecule has 0 fully saturated rings.